The van der Waals surface area contributed by atoms with E-state index >= 15 is 0 Å². The monoisotopic (exact) mass is 213 g/mol. The van der Waals surface area contributed by atoms with Gasteiger partial charge in [0.25, 0.3) is 0 Å². The number of hydrogen-bond acceptors (Lipinski definition) is 3. The largest absolute Gasteiger partial charge is 0.493 e. The molecule has 14 heavy (non-hydrogen) atoms. The van der Waals surface area contributed by atoms with Gasteiger partial charge in [0.05, 0.1) is 7.11 Å². The fourth-order valence-corrected chi connectivity index (χ4v) is 1.05. The van der Waals surface area contributed by atoms with Gasteiger partial charge in [-0.2, -0.15) is 0 Å². The van der Waals surface area contributed by atoms with E-state index in [2.05, 4.69) is 0 Å². The van der Waals surface area contributed by atoms with Gasteiger partial charge in [0.2, 0.25) is 0 Å². The molecule has 0 spiro atoms. The molecule has 0 unspecified atom stereocenters. The molecule has 0 radical (unpaired) electrons. The summed E-state index contributed by atoms with van der Waals surface area (Å²) < 4.78 is 10.5. The van der Waals surface area contributed by atoms with Gasteiger partial charge in [-0.1, -0.05) is 11.6 Å². The summed E-state index contributed by atoms with van der Waals surface area (Å²) in [5.41, 5.74) is 7.63. The maximum absolute atomic E-state index is 5.59. The molecule has 4 heteroatoms. The summed E-state index contributed by atoms with van der Waals surface area (Å²) in [6, 6.07) is 5.22. The highest BCUT2D eigenvalue weighted by molar-refractivity contribution is 6.25. The molecule has 1 aromatic rings. The minimum Gasteiger partial charge on any atom is -0.493 e. The van der Waals surface area contributed by atoms with E-state index in [0.29, 0.717) is 23.8 Å². The lowest BCUT2D eigenvalue weighted by atomic mass is 10.3. The number of benzene rings is 1. The molecule has 76 valence electrons. The predicted octanol–water partition coefficient (Wildman–Crippen LogP) is 2.41. The van der Waals surface area contributed by atoms with E-state index in [1.165, 1.54) is 5.54 Å². The summed E-state index contributed by atoms with van der Waals surface area (Å²) in [5.74, 6) is 1.27. The number of ether oxygens (including phenoxy) is 2. The third kappa shape index (κ3) is 2.85. The summed E-state index contributed by atoms with van der Waals surface area (Å²) in [4.78, 5) is 0. The maximum atomic E-state index is 5.59. The van der Waals surface area contributed by atoms with Crippen LogP contribution in [-0.4, -0.2) is 13.7 Å². The van der Waals surface area contributed by atoms with Gasteiger partial charge in [-0.15, -0.1) is 0 Å². The Bertz CT molecular complexity index is 326. The number of hydrogen-bond donors (Lipinski definition) is 1. The first-order valence-electron chi connectivity index (χ1n) is 4.09. The number of rotatable bonds is 4. The molecule has 2 N–H and O–H groups in total. The fraction of sp³-hybridized carbons (Fsp3) is 0.200. The Kier molecular flexibility index (Phi) is 4.13. The number of halogens is 1. The summed E-state index contributed by atoms with van der Waals surface area (Å²) in [5, 5.41) is 0. The lowest BCUT2D eigenvalue weighted by Gasteiger charge is -2.09. The molecule has 0 aliphatic heterocycles. The van der Waals surface area contributed by atoms with Gasteiger partial charge in [-0.05, 0) is 18.2 Å². The van der Waals surface area contributed by atoms with E-state index in [4.69, 9.17) is 26.8 Å². The van der Waals surface area contributed by atoms with Gasteiger partial charge < -0.3 is 15.2 Å². The van der Waals surface area contributed by atoms with Gasteiger partial charge in [-0.3, -0.25) is 0 Å². The van der Waals surface area contributed by atoms with Crippen LogP contribution in [0.1, 0.15) is 0 Å². The van der Waals surface area contributed by atoms with Crippen LogP contribution in [0.25, 0.3) is 0 Å². The molecule has 0 atom stereocenters. The van der Waals surface area contributed by atoms with Gasteiger partial charge in [0, 0.05) is 17.3 Å². The van der Waals surface area contributed by atoms with Crippen molar-refractivity contribution in [2.75, 3.05) is 19.5 Å². The van der Waals surface area contributed by atoms with Crippen molar-refractivity contribution in [2.24, 2.45) is 0 Å². The van der Waals surface area contributed by atoms with E-state index in [-0.39, 0.29) is 0 Å². The zero-order valence-electron chi connectivity index (χ0n) is 7.87. The first-order valence-corrected chi connectivity index (χ1v) is 4.53. The van der Waals surface area contributed by atoms with E-state index in [1.807, 2.05) is 0 Å². The quantitative estimate of drug-likeness (QED) is 0.782. The zero-order valence-corrected chi connectivity index (χ0v) is 8.62. The summed E-state index contributed by atoms with van der Waals surface area (Å²) in [6.45, 7) is 0.407. The number of nitrogen functional groups attached to an aromatic ring is 1. The van der Waals surface area contributed by atoms with Crippen LogP contribution in [-0.2, 0) is 0 Å². The van der Waals surface area contributed by atoms with E-state index in [0.717, 1.165) is 0 Å². The Morgan fingerprint density at radius 2 is 2.21 bits per heavy atom. The normalized spacial score (nSPS) is 10.4. The Morgan fingerprint density at radius 1 is 1.43 bits per heavy atom. The van der Waals surface area contributed by atoms with Crippen LogP contribution in [0.3, 0.4) is 0 Å². The second-order valence-corrected chi connectivity index (χ2v) is 2.83. The van der Waals surface area contributed by atoms with Crippen LogP contribution in [0, 0.1) is 0 Å². The van der Waals surface area contributed by atoms with Gasteiger partial charge >= 0.3 is 0 Å². The Hall–Kier alpha value is -1.35. The lowest BCUT2D eigenvalue weighted by molar-refractivity contribution is 0.326. The second-order valence-electron chi connectivity index (χ2n) is 2.58. The average molecular weight is 214 g/mol. The van der Waals surface area contributed by atoms with Crippen LogP contribution in [0.2, 0.25) is 0 Å². The first kappa shape index (κ1) is 10.7. The van der Waals surface area contributed by atoms with Gasteiger partial charge in [0.15, 0.2) is 11.5 Å². The second kappa shape index (κ2) is 5.40. The average Bonchev–Trinajstić information content (AvgIpc) is 2.20. The van der Waals surface area contributed by atoms with Gasteiger partial charge in [0.1, 0.15) is 6.61 Å². The smallest absolute Gasteiger partial charge is 0.162 e. The minimum absolute atomic E-state index is 0.407. The van der Waals surface area contributed by atoms with E-state index in [9.17, 15) is 0 Å². The SMILES string of the molecule is COc1cc(N)ccc1OC/C=C/Cl. The molecular weight excluding hydrogens is 202 g/mol. The lowest BCUT2D eigenvalue weighted by Crippen LogP contribution is -1.97. The van der Waals surface area contributed by atoms with Crippen LogP contribution in [0.4, 0.5) is 5.69 Å². The molecule has 0 aliphatic rings. The van der Waals surface area contributed by atoms with Crippen molar-refractivity contribution in [1.82, 2.24) is 0 Å². The third-order valence-corrected chi connectivity index (χ3v) is 1.79. The standard InChI is InChI=1S/C10H12ClNO2/c1-13-10-7-8(12)3-4-9(10)14-6-2-5-11/h2-5,7H,6,12H2,1H3/b5-2+. The summed E-state index contributed by atoms with van der Waals surface area (Å²) in [7, 11) is 1.57. The van der Waals surface area contributed by atoms with Crippen LogP contribution < -0.4 is 15.2 Å². The minimum atomic E-state index is 0.407. The van der Waals surface area contributed by atoms with Gasteiger partial charge in [-0.25, -0.2) is 0 Å². The highest BCUT2D eigenvalue weighted by atomic mass is 35.5. The molecule has 0 bridgehead atoms. The number of methoxy groups -OCH3 is 1. The molecule has 0 aliphatic carbocycles. The molecule has 0 saturated carbocycles. The molecule has 1 rings (SSSR count). The van der Waals surface area contributed by atoms with Crippen LogP contribution >= 0.6 is 11.6 Å². The van der Waals surface area contributed by atoms with Crippen molar-refractivity contribution < 1.29 is 9.47 Å². The molecule has 3 nitrogen and oxygen atoms in total. The van der Waals surface area contributed by atoms with Crippen LogP contribution in [0.15, 0.2) is 29.8 Å². The Labute approximate surface area is 88.1 Å². The van der Waals surface area contributed by atoms with Crippen LogP contribution in [0.5, 0.6) is 11.5 Å². The van der Waals surface area contributed by atoms with Crippen molar-refractivity contribution in [2.45, 2.75) is 0 Å². The maximum Gasteiger partial charge on any atom is 0.162 e. The summed E-state index contributed by atoms with van der Waals surface area (Å²) in [6.07, 6.45) is 1.69. The van der Waals surface area contributed by atoms with Crippen molar-refractivity contribution in [3.63, 3.8) is 0 Å². The highest BCUT2D eigenvalue weighted by Gasteiger charge is 2.02. The molecule has 0 fully saturated rings. The van der Waals surface area contributed by atoms with Crippen molar-refractivity contribution in [3.8, 4) is 11.5 Å². The fourth-order valence-electron chi connectivity index (χ4n) is 0.978. The van der Waals surface area contributed by atoms with E-state index in [1.54, 1.807) is 31.4 Å². The third-order valence-electron chi connectivity index (χ3n) is 1.61. The molecule has 0 aromatic heterocycles. The molecule has 0 heterocycles. The number of anilines is 1. The molecule has 0 amide bonds. The van der Waals surface area contributed by atoms with Crippen molar-refractivity contribution >= 4 is 17.3 Å². The summed E-state index contributed by atoms with van der Waals surface area (Å²) >= 11 is 5.35. The molecule has 0 saturated heterocycles. The topological polar surface area (TPSA) is 44.5 Å². The van der Waals surface area contributed by atoms with Crippen molar-refractivity contribution in [3.05, 3.63) is 29.8 Å². The molecular formula is C10H12ClNO2. The highest BCUT2D eigenvalue weighted by Crippen LogP contribution is 2.28. The van der Waals surface area contributed by atoms with E-state index < -0.39 is 0 Å². The Balaban J connectivity index is 2.74. The molecule has 1 aromatic carbocycles. The first-order chi connectivity index (χ1) is 6.77. The predicted molar refractivity (Wildman–Crippen MR) is 57.9 cm³/mol. The Morgan fingerprint density at radius 3 is 2.86 bits per heavy atom. The zero-order chi connectivity index (χ0) is 10.4. The van der Waals surface area contributed by atoms with Crippen molar-refractivity contribution in [1.29, 1.82) is 0 Å². The number of nitrogens with two attached hydrogens (primary N) is 1.